The smallest absolute Gasteiger partial charge is 0.0338 e. The van der Waals surface area contributed by atoms with Crippen LogP contribution in [0.5, 0.6) is 0 Å². The van der Waals surface area contributed by atoms with Crippen molar-refractivity contribution in [2.24, 2.45) is 5.73 Å². The fourth-order valence-corrected chi connectivity index (χ4v) is 2.68. The third-order valence-corrected chi connectivity index (χ3v) is 4.32. The Hall–Kier alpha value is -1.60. The van der Waals surface area contributed by atoms with Gasteiger partial charge in [-0.3, -0.25) is 0 Å². The standard InChI is InChI=1S/C20H27N/c1-14-7-6-8-18(15(14)2)19(21)13-16-9-11-17(12-10-16)20(3,4)5/h6-12,19H,13,21H2,1-5H3. The van der Waals surface area contributed by atoms with Gasteiger partial charge in [0, 0.05) is 6.04 Å². The summed E-state index contributed by atoms with van der Waals surface area (Å²) in [7, 11) is 0. The maximum absolute atomic E-state index is 6.42. The molecular weight excluding hydrogens is 254 g/mol. The lowest BCUT2D eigenvalue weighted by molar-refractivity contribution is 0.589. The molecule has 0 aromatic heterocycles. The molecule has 0 fully saturated rings. The van der Waals surface area contributed by atoms with Crippen LogP contribution in [0.25, 0.3) is 0 Å². The Balaban J connectivity index is 2.16. The minimum atomic E-state index is 0.0605. The van der Waals surface area contributed by atoms with E-state index in [9.17, 15) is 0 Å². The average Bonchev–Trinajstić information content (AvgIpc) is 2.41. The van der Waals surface area contributed by atoms with E-state index in [1.165, 1.54) is 27.8 Å². The second-order valence-electron chi connectivity index (χ2n) is 7.05. The van der Waals surface area contributed by atoms with Crippen molar-refractivity contribution in [1.82, 2.24) is 0 Å². The minimum absolute atomic E-state index is 0.0605. The van der Waals surface area contributed by atoms with Crippen molar-refractivity contribution in [2.45, 2.75) is 52.5 Å². The lowest BCUT2D eigenvalue weighted by atomic mass is 9.86. The van der Waals surface area contributed by atoms with Gasteiger partial charge < -0.3 is 5.73 Å². The summed E-state index contributed by atoms with van der Waals surface area (Å²) in [6, 6.07) is 15.3. The van der Waals surface area contributed by atoms with Gasteiger partial charge in [0.2, 0.25) is 0 Å². The molecular formula is C20H27N. The van der Waals surface area contributed by atoms with Gasteiger partial charge in [-0.05, 0) is 53.5 Å². The van der Waals surface area contributed by atoms with Crippen molar-refractivity contribution >= 4 is 0 Å². The SMILES string of the molecule is Cc1cccc(C(N)Cc2ccc(C(C)(C)C)cc2)c1C. The van der Waals surface area contributed by atoms with Crippen molar-refractivity contribution in [3.63, 3.8) is 0 Å². The van der Waals surface area contributed by atoms with Crippen LogP contribution < -0.4 is 5.73 Å². The van der Waals surface area contributed by atoms with Crippen molar-refractivity contribution in [1.29, 1.82) is 0 Å². The van der Waals surface area contributed by atoms with E-state index in [-0.39, 0.29) is 11.5 Å². The molecule has 0 heterocycles. The predicted octanol–water partition coefficient (Wildman–Crippen LogP) is 4.84. The molecule has 0 saturated carbocycles. The summed E-state index contributed by atoms with van der Waals surface area (Å²) in [5.41, 5.74) is 13.2. The summed E-state index contributed by atoms with van der Waals surface area (Å²) in [6.07, 6.45) is 0.884. The Morgan fingerprint density at radius 3 is 2.14 bits per heavy atom. The molecule has 0 saturated heterocycles. The molecule has 1 heteroatoms. The molecule has 2 aromatic carbocycles. The first-order chi connectivity index (χ1) is 9.79. The van der Waals surface area contributed by atoms with Crippen LogP contribution in [0.3, 0.4) is 0 Å². The van der Waals surface area contributed by atoms with Crippen LogP contribution in [-0.2, 0) is 11.8 Å². The normalized spacial score (nSPS) is 13.2. The zero-order valence-corrected chi connectivity index (χ0v) is 13.9. The van der Waals surface area contributed by atoms with Gasteiger partial charge in [0.25, 0.3) is 0 Å². The van der Waals surface area contributed by atoms with E-state index in [1.54, 1.807) is 0 Å². The summed E-state index contributed by atoms with van der Waals surface area (Å²) in [5, 5.41) is 0. The molecule has 2 N–H and O–H groups in total. The largest absolute Gasteiger partial charge is 0.324 e. The van der Waals surface area contributed by atoms with Crippen LogP contribution in [0.4, 0.5) is 0 Å². The second-order valence-corrected chi connectivity index (χ2v) is 7.05. The maximum atomic E-state index is 6.42. The molecule has 0 radical (unpaired) electrons. The molecule has 0 aliphatic carbocycles. The van der Waals surface area contributed by atoms with Gasteiger partial charge >= 0.3 is 0 Å². The highest BCUT2D eigenvalue weighted by Crippen LogP contribution is 2.25. The lowest BCUT2D eigenvalue weighted by Crippen LogP contribution is -2.15. The Morgan fingerprint density at radius 1 is 0.952 bits per heavy atom. The highest BCUT2D eigenvalue weighted by Gasteiger charge is 2.14. The number of hydrogen-bond acceptors (Lipinski definition) is 1. The first-order valence-electron chi connectivity index (χ1n) is 7.70. The number of nitrogens with two attached hydrogens (primary N) is 1. The summed E-state index contributed by atoms with van der Waals surface area (Å²) in [4.78, 5) is 0. The quantitative estimate of drug-likeness (QED) is 0.855. The summed E-state index contributed by atoms with van der Waals surface area (Å²) >= 11 is 0. The molecule has 2 rings (SSSR count). The van der Waals surface area contributed by atoms with Crippen LogP contribution in [-0.4, -0.2) is 0 Å². The van der Waals surface area contributed by atoms with Gasteiger partial charge in [-0.15, -0.1) is 0 Å². The van der Waals surface area contributed by atoms with Gasteiger partial charge in [-0.1, -0.05) is 63.2 Å². The van der Waals surface area contributed by atoms with Gasteiger partial charge in [-0.2, -0.15) is 0 Å². The molecule has 1 atom stereocenters. The van der Waals surface area contributed by atoms with Crippen LogP contribution >= 0.6 is 0 Å². The molecule has 0 amide bonds. The Morgan fingerprint density at radius 2 is 1.57 bits per heavy atom. The number of aryl methyl sites for hydroxylation is 1. The fourth-order valence-electron chi connectivity index (χ4n) is 2.68. The van der Waals surface area contributed by atoms with Crippen LogP contribution in [0, 0.1) is 13.8 Å². The zero-order chi connectivity index (χ0) is 15.6. The van der Waals surface area contributed by atoms with Gasteiger partial charge in [0.15, 0.2) is 0 Å². The molecule has 21 heavy (non-hydrogen) atoms. The zero-order valence-electron chi connectivity index (χ0n) is 13.9. The molecule has 2 aromatic rings. The minimum Gasteiger partial charge on any atom is -0.324 e. The first kappa shape index (κ1) is 15.8. The third-order valence-electron chi connectivity index (χ3n) is 4.32. The van der Waals surface area contributed by atoms with Crippen LogP contribution in [0.1, 0.15) is 54.6 Å². The van der Waals surface area contributed by atoms with E-state index in [0.717, 1.165) is 6.42 Å². The average molecular weight is 281 g/mol. The predicted molar refractivity (Wildman–Crippen MR) is 91.7 cm³/mol. The van der Waals surface area contributed by atoms with E-state index >= 15 is 0 Å². The van der Waals surface area contributed by atoms with Crippen LogP contribution in [0.15, 0.2) is 42.5 Å². The van der Waals surface area contributed by atoms with Crippen molar-refractivity contribution < 1.29 is 0 Å². The summed E-state index contributed by atoms with van der Waals surface area (Å²) in [5.74, 6) is 0. The topological polar surface area (TPSA) is 26.0 Å². The van der Waals surface area contributed by atoms with E-state index in [1.807, 2.05) is 0 Å². The lowest BCUT2D eigenvalue weighted by Gasteiger charge is -2.20. The highest BCUT2D eigenvalue weighted by atomic mass is 14.6. The Bertz CT molecular complexity index is 603. The molecule has 0 aliphatic rings. The molecule has 1 nitrogen and oxygen atoms in total. The monoisotopic (exact) mass is 281 g/mol. The van der Waals surface area contributed by atoms with Crippen molar-refractivity contribution in [2.75, 3.05) is 0 Å². The van der Waals surface area contributed by atoms with Gasteiger partial charge in [0.1, 0.15) is 0 Å². The van der Waals surface area contributed by atoms with Crippen molar-refractivity contribution in [3.05, 3.63) is 70.3 Å². The van der Waals surface area contributed by atoms with Gasteiger partial charge in [-0.25, -0.2) is 0 Å². The maximum Gasteiger partial charge on any atom is 0.0338 e. The Labute approximate surface area is 129 Å². The van der Waals surface area contributed by atoms with E-state index < -0.39 is 0 Å². The summed E-state index contributed by atoms with van der Waals surface area (Å²) < 4.78 is 0. The molecule has 0 spiro atoms. The molecule has 112 valence electrons. The Kier molecular flexibility index (Phi) is 4.53. The van der Waals surface area contributed by atoms with Crippen LogP contribution in [0.2, 0.25) is 0 Å². The van der Waals surface area contributed by atoms with Gasteiger partial charge in [0.05, 0.1) is 0 Å². The number of rotatable bonds is 3. The van der Waals surface area contributed by atoms with Crippen molar-refractivity contribution in [3.8, 4) is 0 Å². The fraction of sp³-hybridized carbons (Fsp3) is 0.400. The van der Waals surface area contributed by atoms with E-state index in [0.29, 0.717) is 0 Å². The number of benzene rings is 2. The molecule has 0 bridgehead atoms. The second kappa shape index (κ2) is 6.03. The molecule has 1 unspecified atom stereocenters. The van der Waals surface area contributed by atoms with E-state index in [2.05, 4.69) is 77.1 Å². The molecule has 0 aliphatic heterocycles. The number of hydrogen-bond donors (Lipinski definition) is 1. The highest BCUT2D eigenvalue weighted by molar-refractivity contribution is 5.36. The summed E-state index contributed by atoms with van der Waals surface area (Å²) in [6.45, 7) is 11.0. The van der Waals surface area contributed by atoms with E-state index in [4.69, 9.17) is 5.73 Å². The third kappa shape index (κ3) is 3.74. The first-order valence-corrected chi connectivity index (χ1v) is 7.70.